The Morgan fingerprint density at radius 2 is 1.88 bits per heavy atom. The minimum absolute atomic E-state index is 0.0158. The van der Waals surface area contributed by atoms with Gasteiger partial charge in [0.05, 0.1) is 13.7 Å². The number of carbonyl (C=O) groups excluding carboxylic acids is 1. The fraction of sp³-hybridized carbons (Fsp3) is 0.407. The van der Waals surface area contributed by atoms with Crippen LogP contribution >= 0.6 is 0 Å². The lowest BCUT2D eigenvalue weighted by molar-refractivity contribution is -0.128. The van der Waals surface area contributed by atoms with Crippen LogP contribution in [0.25, 0.3) is 0 Å². The summed E-state index contributed by atoms with van der Waals surface area (Å²) in [5.41, 5.74) is 5.01. The number of rotatable bonds is 8. The molecule has 0 aliphatic carbocycles. The van der Waals surface area contributed by atoms with E-state index in [2.05, 4.69) is 66.3 Å². The third-order valence-corrected chi connectivity index (χ3v) is 6.71. The topological polar surface area (TPSA) is 45.1 Å². The zero-order valence-electron chi connectivity index (χ0n) is 19.3. The molecule has 0 saturated carbocycles. The van der Waals surface area contributed by atoms with Gasteiger partial charge in [-0.1, -0.05) is 42.5 Å². The predicted molar refractivity (Wildman–Crippen MR) is 129 cm³/mol. The van der Waals surface area contributed by atoms with Crippen molar-refractivity contribution in [3.8, 4) is 5.75 Å². The molecular formula is C27H33N3O2. The van der Waals surface area contributed by atoms with Crippen LogP contribution in [0.5, 0.6) is 5.75 Å². The van der Waals surface area contributed by atoms with Gasteiger partial charge in [0, 0.05) is 24.4 Å². The lowest BCUT2D eigenvalue weighted by Crippen LogP contribution is -2.33. The maximum absolute atomic E-state index is 12.9. The highest BCUT2D eigenvalue weighted by atomic mass is 16.5. The second-order valence-corrected chi connectivity index (χ2v) is 8.80. The number of aryl methyl sites for hydroxylation is 1. The summed E-state index contributed by atoms with van der Waals surface area (Å²) in [6.45, 7) is 3.29. The van der Waals surface area contributed by atoms with Gasteiger partial charge in [-0.05, 0) is 68.5 Å². The average molecular weight is 432 g/mol. The third kappa shape index (κ3) is 4.94. The highest BCUT2D eigenvalue weighted by Gasteiger charge is 2.37. The predicted octanol–water partition coefficient (Wildman–Crippen LogP) is 4.64. The van der Waals surface area contributed by atoms with Gasteiger partial charge in [-0.3, -0.25) is 14.7 Å². The summed E-state index contributed by atoms with van der Waals surface area (Å²) in [5, 5.41) is 0. The first-order valence-electron chi connectivity index (χ1n) is 11.5. The molecule has 2 unspecified atom stereocenters. The summed E-state index contributed by atoms with van der Waals surface area (Å²) in [6, 6.07) is 16.7. The molecule has 0 radical (unpaired) electrons. The van der Waals surface area contributed by atoms with Crippen molar-refractivity contribution in [2.75, 3.05) is 27.2 Å². The Balaban J connectivity index is 1.49. The maximum atomic E-state index is 12.9. The summed E-state index contributed by atoms with van der Waals surface area (Å²) >= 11 is 0. The minimum atomic E-state index is -0.0158. The van der Waals surface area contributed by atoms with Crippen molar-refractivity contribution < 1.29 is 9.53 Å². The molecule has 5 heteroatoms. The first kappa shape index (κ1) is 22.3. The number of nitrogens with zero attached hydrogens (tertiary/aromatic N) is 3. The van der Waals surface area contributed by atoms with Crippen LogP contribution in [0.1, 0.15) is 42.6 Å². The zero-order valence-corrected chi connectivity index (χ0v) is 19.3. The molecule has 2 heterocycles. The molecule has 2 aliphatic heterocycles. The Hall–Kier alpha value is -2.92. The van der Waals surface area contributed by atoms with Crippen molar-refractivity contribution >= 4 is 11.6 Å². The number of methoxy groups -OCH3 is 1. The van der Waals surface area contributed by atoms with E-state index in [1.807, 2.05) is 23.2 Å². The van der Waals surface area contributed by atoms with Crippen LogP contribution in [0.15, 0.2) is 65.8 Å². The molecule has 0 aromatic heterocycles. The van der Waals surface area contributed by atoms with Gasteiger partial charge < -0.3 is 9.64 Å². The molecule has 2 aliphatic rings. The van der Waals surface area contributed by atoms with E-state index in [1.54, 1.807) is 7.11 Å². The average Bonchev–Trinajstić information content (AvgIpc) is 3.10. The Morgan fingerprint density at radius 1 is 1.09 bits per heavy atom. The summed E-state index contributed by atoms with van der Waals surface area (Å²) in [7, 11) is 3.73. The molecule has 168 valence electrons. The van der Waals surface area contributed by atoms with Crippen molar-refractivity contribution in [2.24, 2.45) is 10.9 Å². The van der Waals surface area contributed by atoms with E-state index >= 15 is 0 Å². The van der Waals surface area contributed by atoms with Crippen LogP contribution in [-0.4, -0.2) is 48.7 Å². The molecular weight excluding hydrogens is 398 g/mol. The number of benzene rings is 2. The number of hydrogen-bond donors (Lipinski definition) is 0. The summed E-state index contributed by atoms with van der Waals surface area (Å²) in [6.07, 6.45) is 8.02. The van der Waals surface area contributed by atoms with E-state index in [4.69, 9.17) is 4.74 Å². The molecule has 0 N–H and O–H groups in total. The van der Waals surface area contributed by atoms with E-state index < -0.39 is 0 Å². The standard InChI is InChI=1S/C27H33N3O2/c1-20-22(8-6-17-28-20)12-13-23-7-4-5-9-25(23)27-29(2)19-26(31)30(27)18-16-21-10-14-24(32-3)15-11-21/h4-7,9-11,14-15,17,22,27H,8,12-13,16,18-19H2,1-3H3. The summed E-state index contributed by atoms with van der Waals surface area (Å²) in [5.74, 6) is 1.55. The SMILES string of the molecule is COc1ccc(CCN2C(=O)CN(C)C2c2ccccc2CCC2CC=CN=C2C)cc1. The second kappa shape index (κ2) is 10.1. The summed E-state index contributed by atoms with van der Waals surface area (Å²) < 4.78 is 5.26. The smallest absolute Gasteiger partial charge is 0.238 e. The second-order valence-electron chi connectivity index (χ2n) is 8.80. The van der Waals surface area contributed by atoms with E-state index in [-0.39, 0.29) is 12.1 Å². The highest BCUT2D eigenvalue weighted by molar-refractivity contribution is 5.85. The molecule has 1 amide bonds. The van der Waals surface area contributed by atoms with Gasteiger partial charge in [-0.15, -0.1) is 0 Å². The van der Waals surface area contributed by atoms with Gasteiger partial charge in [0.1, 0.15) is 11.9 Å². The fourth-order valence-electron chi connectivity index (χ4n) is 4.80. The molecule has 2 atom stereocenters. The van der Waals surface area contributed by atoms with E-state index in [1.165, 1.54) is 22.4 Å². The molecule has 5 nitrogen and oxygen atoms in total. The van der Waals surface area contributed by atoms with Gasteiger partial charge in [0.2, 0.25) is 5.91 Å². The van der Waals surface area contributed by atoms with Crippen LogP contribution in [0, 0.1) is 5.92 Å². The number of amides is 1. The molecule has 1 saturated heterocycles. The normalized spacial score (nSPS) is 21.2. The number of aliphatic imine (C=N–C) groups is 1. The third-order valence-electron chi connectivity index (χ3n) is 6.71. The van der Waals surface area contributed by atoms with Gasteiger partial charge in [-0.2, -0.15) is 0 Å². The van der Waals surface area contributed by atoms with Crippen molar-refractivity contribution in [3.05, 3.63) is 77.5 Å². The molecule has 0 spiro atoms. The Bertz CT molecular complexity index is 996. The van der Waals surface area contributed by atoms with E-state index in [0.717, 1.165) is 31.4 Å². The van der Waals surface area contributed by atoms with Crippen LogP contribution < -0.4 is 4.74 Å². The van der Waals surface area contributed by atoms with Gasteiger partial charge in [0.25, 0.3) is 0 Å². The molecule has 0 bridgehead atoms. The van der Waals surface area contributed by atoms with Crippen LogP contribution in [-0.2, 0) is 17.6 Å². The zero-order chi connectivity index (χ0) is 22.5. The molecule has 32 heavy (non-hydrogen) atoms. The Kier molecular flexibility index (Phi) is 7.05. The van der Waals surface area contributed by atoms with Crippen LogP contribution in [0.4, 0.5) is 0 Å². The lowest BCUT2D eigenvalue weighted by atomic mass is 9.89. The molecule has 2 aromatic carbocycles. The van der Waals surface area contributed by atoms with E-state index in [0.29, 0.717) is 19.0 Å². The van der Waals surface area contributed by atoms with Crippen molar-refractivity contribution in [3.63, 3.8) is 0 Å². The molecule has 4 rings (SSSR count). The van der Waals surface area contributed by atoms with Crippen molar-refractivity contribution in [1.29, 1.82) is 0 Å². The quantitative estimate of drug-likeness (QED) is 0.612. The first-order chi connectivity index (χ1) is 15.6. The Morgan fingerprint density at radius 3 is 2.62 bits per heavy atom. The van der Waals surface area contributed by atoms with Gasteiger partial charge in [0.15, 0.2) is 0 Å². The number of ether oxygens (including phenoxy) is 1. The van der Waals surface area contributed by atoms with Crippen LogP contribution in [0.2, 0.25) is 0 Å². The Labute approximate surface area is 191 Å². The van der Waals surface area contributed by atoms with E-state index in [9.17, 15) is 4.79 Å². The fourth-order valence-corrected chi connectivity index (χ4v) is 4.80. The van der Waals surface area contributed by atoms with Gasteiger partial charge >= 0.3 is 0 Å². The molecule has 2 aromatic rings. The molecule has 1 fully saturated rings. The maximum Gasteiger partial charge on any atom is 0.238 e. The number of likely N-dealkylation sites (N-methyl/N-ethyl adjacent to an activating group) is 1. The largest absolute Gasteiger partial charge is 0.497 e. The van der Waals surface area contributed by atoms with Gasteiger partial charge in [-0.25, -0.2) is 0 Å². The first-order valence-corrected chi connectivity index (χ1v) is 11.5. The number of carbonyl (C=O) groups is 1. The monoisotopic (exact) mass is 431 g/mol. The summed E-state index contributed by atoms with van der Waals surface area (Å²) in [4.78, 5) is 21.6. The number of hydrogen-bond acceptors (Lipinski definition) is 4. The number of allylic oxidation sites excluding steroid dienone is 1. The minimum Gasteiger partial charge on any atom is -0.497 e. The van der Waals surface area contributed by atoms with Crippen LogP contribution in [0.3, 0.4) is 0 Å². The highest BCUT2D eigenvalue weighted by Crippen LogP contribution is 2.33. The van der Waals surface area contributed by atoms with Crippen molar-refractivity contribution in [1.82, 2.24) is 9.80 Å². The van der Waals surface area contributed by atoms with Crippen molar-refractivity contribution in [2.45, 2.75) is 38.8 Å². The lowest BCUT2D eigenvalue weighted by Gasteiger charge is -2.30.